The van der Waals surface area contributed by atoms with Gasteiger partial charge in [-0.15, -0.1) is 0 Å². The van der Waals surface area contributed by atoms with Crippen molar-refractivity contribution in [3.63, 3.8) is 0 Å². The molecule has 0 aliphatic heterocycles. The average molecular weight is 239 g/mol. The molecule has 90 valence electrons. The summed E-state index contributed by atoms with van der Waals surface area (Å²) in [5, 5.41) is 3.35. The molecule has 1 heterocycles. The molecule has 4 heteroatoms. The van der Waals surface area contributed by atoms with Gasteiger partial charge in [0.25, 0.3) is 0 Å². The van der Waals surface area contributed by atoms with Crippen molar-refractivity contribution in [2.24, 2.45) is 0 Å². The van der Waals surface area contributed by atoms with E-state index in [9.17, 15) is 0 Å². The minimum atomic E-state index is 0.500. The zero-order valence-corrected chi connectivity index (χ0v) is 11.2. The Hall–Kier alpha value is -0.610. The Labute approximate surface area is 102 Å². The van der Waals surface area contributed by atoms with E-state index in [0.29, 0.717) is 6.04 Å². The van der Waals surface area contributed by atoms with E-state index < -0.39 is 0 Å². The van der Waals surface area contributed by atoms with Crippen LogP contribution < -0.4 is 5.32 Å². The minimum Gasteiger partial charge on any atom is -0.310 e. The molecule has 0 aliphatic rings. The predicted octanol–water partition coefficient (Wildman–Crippen LogP) is 2.62. The molecule has 1 N–H and O–H groups in total. The summed E-state index contributed by atoms with van der Waals surface area (Å²) >= 11 is 1.89. The molecule has 1 aromatic heterocycles. The van der Waals surface area contributed by atoms with Crippen molar-refractivity contribution in [2.75, 3.05) is 5.75 Å². The lowest BCUT2D eigenvalue weighted by atomic mass is 10.3. The normalized spacial score (nSPS) is 11.0. The number of nitrogens with one attached hydrogen (secondary N) is 1. The smallest absolute Gasteiger partial charge is 0.138 e. The van der Waals surface area contributed by atoms with E-state index in [-0.39, 0.29) is 0 Å². The van der Waals surface area contributed by atoms with Crippen LogP contribution in [-0.4, -0.2) is 21.8 Å². The molecule has 0 aliphatic carbocycles. The van der Waals surface area contributed by atoms with Crippen LogP contribution in [0.15, 0.2) is 12.4 Å². The first-order chi connectivity index (χ1) is 7.72. The molecule has 0 saturated carbocycles. The Morgan fingerprint density at radius 3 is 2.56 bits per heavy atom. The summed E-state index contributed by atoms with van der Waals surface area (Å²) in [5.41, 5.74) is 1.15. The number of nitrogens with zero attached hydrogens (tertiary/aromatic N) is 2. The molecule has 0 radical (unpaired) electrons. The summed E-state index contributed by atoms with van der Waals surface area (Å²) < 4.78 is 0. The van der Waals surface area contributed by atoms with Crippen LogP contribution in [-0.2, 0) is 12.3 Å². The molecule has 0 bridgehead atoms. The maximum atomic E-state index is 4.36. The van der Waals surface area contributed by atoms with E-state index in [0.717, 1.165) is 23.7 Å². The van der Waals surface area contributed by atoms with E-state index in [1.807, 2.05) is 24.2 Å². The highest BCUT2D eigenvalue weighted by Crippen LogP contribution is 2.09. The molecule has 0 saturated heterocycles. The second kappa shape index (κ2) is 7.63. The van der Waals surface area contributed by atoms with Gasteiger partial charge in [0, 0.05) is 30.5 Å². The van der Waals surface area contributed by atoms with Crippen molar-refractivity contribution in [3.8, 4) is 0 Å². The fourth-order valence-electron chi connectivity index (χ4n) is 1.18. The van der Waals surface area contributed by atoms with Crippen molar-refractivity contribution >= 4 is 11.8 Å². The van der Waals surface area contributed by atoms with Crippen LogP contribution in [0.25, 0.3) is 0 Å². The quantitative estimate of drug-likeness (QED) is 0.742. The van der Waals surface area contributed by atoms with Crippen molar-refractivity contribution in [1.82, 2.24) is 15.3 Å². The Bertz CT molecular complexity index is 285. The molecule has 3 nitrogen and oxygen atoms in total. The molecule has 0 spiro atoms. The van der Waals surface area contributed by atoms with Crippen molar-refractivity contribution in [3.05, 3.63) is 23.8 Å². The number of aromatic nitrogens is 2. The molecule has 0 atom stereocenters. The van der Waals surface area contributed by atoms with E-state index in [1.54, 1.807) is 0 Å². The standard InChI is InChI=1S/C12H21N3S/c1-4-5-16-9-12-14-7-11(8-15-12)6-13-10(2)3/h7-8,10,13H,4-6,9H2,1-3H3. The van der Waals surface area contributed by atoms with Gasteiger partial charge in [-0.3, -0.25) is 0 Å². The number of hydrogen-bond donors (Lipinski definition) is 1. The third kappa shape index (κ3) is 5.47. The first-order valence-corrected chi connectivity index (χ1v) is 6.98. The largest absolute Gasteiger partial charge is 0.310 e. The number of hydrogen-bond acceptors (Lipinski definition) is 4. The molecule has 0 aromatic carbocycles. The van der Waals surface area contributed by atoms with Gasteiger partial charge in [0.05, 0.1) is 5.75 Å². The van der Waals surface area contributed by atoms with Crippen LogP contribution in [0.5, 0.6) is 0 Å². The summed E-state index contributed by atoms with van der Waals surface area (Å²) in [6.07, 6.45) is 5.05. The zero-order chi connectivity index (χ0) is 11.8. The summed E-state index contributed by atoms with van der Waals surface area (Å²) in [4.78, 5) is 8.71. The predicted molar refractivity (Wildman–Crippen MR) is 70.5 cm³/mol. The highest BCUT2D eigenvalue weighted by atomic mass is 32.2. The van der Waals surface area contributed by atoms with Crippen LogP contribution in [0.3, 0.4) is 0 Å². The summed E-state index contributed by atoms with van der Waals surface area (Å²) in [5.74, 6) is 3.04. The van der Waals surface area contributed by atoms with Gasteiger partial charge < -0.3 is 5.32 Å². The van der Waals surface area contributed by atoms with Crippen LogP contribution in [0.4, 0.5) is 0 Å². The second-order valence-electron chi connectivity index (χ2n) is 4.10. The number of thioether (sulfide) groups is 1. The first-order valence-electron chi connectivity index (χ1n) is 5.83. The lowest BCUT2D eigenvalue weighted by Gasteiger charge is -2.07. The Balaban J connectivity index is 2.35. The molecule has 1 rings (SSSR count). The minimum absolute atomic E-state index is 0.500. The molecule has 16 heavy (non-hydrogen) atoms. The van der Waals surface area contributed by atoms with Crippen LogP contribution in [0.1, 0.15) is 38.6 Å². The molecular weight excluding hydrogens is 218 g/mol. The van der Waals surface area contributed by atoms with Gasteiger partial charge in [0.1, 0.15) is 5.82 Å². The van der Waals surface area contributed by atoms with Crippen LogP contribution in [0.2, 0.25) is 0 Å². The maximum absolute atomic E-state index is 4.36. The van der Waals surface area contributed by atoms with Crippen LogP contribution >= 0.6 is 11.8 Å². The van der Waals surface area contributed by atoms with E-state index >= 15 is 0 Å². The van der Waals surface area contributed by atoms with Gasteiger partial charge in [0.15, 0.2) is 0 Å². The highest BCUT2D eigenvalue weighted by molar-refractivity contribution is 7.98. The van der Waals surface area contributed by atoms with Gasteiger partial charge in [-0.2, -0.15) is 11.8 Å². The third-order valence-corrected chi connectivity index (χ3v) is 3.21. The Morgan fingerprint density at radius 1 is 1.31 bits per heavy atom. The van der Waals surface area contributed by atoms with Gasteiger partial charge in [-0.05, 0) is 12.2 Å². The summed E-state index contributed by atoms with van der Waals surface area (Å²) in [7, 11) is 0. The fraction of sp³-hybridized carbons (Fsp3) is 0.667. The zero-order valence-electron chi connectivity index (χ0n) is 10.4. The lowest BCUT2D eigenvalue weighted by Crippen LogP contribution is -2.22. The first kappa shape index (κ1) is 13.5. The van der Waals surface area contributed by atoms with Crippen molar-refractivity contribution in [2.45, 2.75) is 45.5 Å². The molecule has 0 fully saturated rings. The van der Waals surface area contributed by atoms with Crippen molar-refractivity contribution < 1.29 is 0 Å². The molecule has 1 aromatic rings. The molecular formula is C12H21N3S. The SMILES string of the molecule is CCCSCc1ncc(CNC(C)C)cn1. The molecule has 0 amide bonds. The summed E-state index contributed by atoms with van der Waals surface area (Å²) in [6, 6.07) is 0.500. The van der Waals surface area contributed by atoms with Gasteiger partial charge in [0.2, 0.25) is 0 Å². The fourth-order valence-corrected chi connectivity index (χ4v) is 1.94. The monoisotopic (exact) mass is 239 g/mol. The van der Waals surface area contributed by atoms with E-state index in [2.05, 4.69) is 36.1 Å². The maximum Gasteiger partial charge on any atom is 0.138 e. The van der Waals surface area contributed by atoms with Crippen molar-refractivity contribution in [1.29, 1.82) is 0 Å². The lowest BCUT2D eigenvalue weighted by molar-refractivity contribution is 0.586. The Kier molecular flexibility index (Phi) is 6.42. The second-order valence-corrected chi connectivity index (χ2v) is 5.20. The summed E-state index contributed by atoms with van der Waals surface area (Å²) in [6.45, 7) is 7.31. The highest BCUT2D eigenvalue weighted by Gasteiger charge is 1.99. The third-order valence-electron chi connectivity index (χ3n) is 2.05. The van der Waals surface area contributed by atoms with Gasteiger partial charge >= 0.3 is 0 Å². The topological polar surface area (TPSA) is 37.8 Å². The number of rotatable bonds is 7. The van der Waals surface area contributed by atoms with Crippen LogP contribution in [0, 0.1) is 0 Å². The van der Waals surface area contributed by atoms with E-state index in [4.69, 9.17) is 0 Å². The van der Waals surface area contributed by atoms with Gasteiger partial charge in [-0.1, -0.05) is 20.8 Å². The average Bonchev–Trinajstić information content (AvgIpc) is 2.28. The molecule has 0 unspecified atom stereocenters. The Morgan fingerprint density at radius 2 is 2.00 bits per heavy atom. The van der Waals surface area contributed by atoms with Gasteiger partial charge in [-0.25, -0.2) is 9.97 Å². The van der Waals surface area contributed by atoms with E-state index in [1.165, 1.54) is 12.2 Å².